The van der Waals surface area contributed by atoms with Crippen LogP contribution in [0, 0.1) is 13.8 Å². The van der Waals surface area contributed by atoms with Gasteiger partial charge in [0.25, 0.3) is 0 Å². The quantitative estimate of drug-likeness (QED) is 0.537. The van der Waals surface area contributed by atoms with Gasteiger partial charge in [0, 0.05) is 33.2 Å². The van der Waals surface area contributed by atoms with E-state index < -0.39 is 0 Å². The monoisotopic (exact) mass is 419 g/mol. The molecular formula is C20H19Cl2N3OS. The molecule has 2 N–H and O–H groups in total. The van der Waals surface area contributed by atoms with Crippen LogP contribution >= 0.6 is 34.5 Å². The third-order valence-electron chi connectivity index (χ3n) is 3.92. The fraction of sp³-hybridized carbons (Fsp3) is 0.200. The lowest BCUT2D eigenvalue weighted by Crippen LogP contribution is -2.21. The van der Waals surface area contributed by atoms with Gasteiger partial charge in [-0.1, -0.05) is 40.9 Å². The summed E-state index contributed by atoms with van der Waals surface area (Å²) in [6.07, 6.45) is 2.42. The zero-order valence-electron chi connectivity index (χ0n) is 15.0. The van der Waals surface area contributed by atoms with Crippen molar-refractivity contribution in [2.45, 2.75) is 20.3 Å². The fourth-order valence-corrected chi connectivity index (χ4v) is 4.15. The molecular weight excluding hydrogens is 401 g/mol. The first-order valence-electron chi connectivity index (χ1n) is 8.40. The highest BCUT2D eigenvalue weighted by Gasteiger charge is 2.09. The van der Waals surface area contributed by atoms with Crippen LogP contribution in [0.4, 0.5) is 10.8 Å². The number of nitrogens with one attached hydrogen (secondary N) is 2. The van der Waals surface area contributed by atoms with Crippen molar-refractivity contribution in [1.82, 2.24) is 4.98 Å². The second-order valence-electron chi connectivity index (χ2n) is 6.31. The van der Waals surface area contributed by atoms with Crippen molar-refractivity contribution >= 4 is 51.3 Å². The van der Waals surface area contributed by atoms with Gasteiger partial charge in [0.2, 0.25) is 5.91 Å². The summed E-state index contributed by atoms with van der Waals surface area (Å²) in [4.78, 5) is 17.5. The summed E-state index contributed by atoms with van der Waals surface area (Å²) in [6.45, 7) is 4.24. The number of nitrogens with zero attached hydrogens (tertiary/aromatic N) is 1. The van der Waals surface area contributed by atoms with E-state index in [-0.39, 0.29) is 12.5 Å². The summed E-state index contributed by atoms with van der Waals surface area (Å²) >= 11 is 13.5. The molecule has 0 fully saturated rings. The minimum absolute atomic E-state index is 0.137. The number of hydrogen-bond acceptors (Lipinski definition) is 4. The average Bonchev–Trinajstić information content (AvgIpc) is 3.00. The summed E-state index contributed by atoms with van der Waals surface area (Å²) in [6, 6.07) is 11.5. The number of aromatic nitrogens is 1. The van der Waals surface area contributed by atoms with Gasteiger partial charge in [0.05, 0.1) is 6.54 Å². The van der Waals surface area contributed by atoms with Crippen molar-refractivity contribution in [3.05, 3.63) is 74.2 Å². The molecule has 3 aromatic rings. The van der Waals surface area contributed by atoms with E-state index in [1.54, 1.807) is 12.3 Å². The van der Waals surface area contributed by atoms with Crippen molar-refractivity contribution in [2.24, 2.45) is 0 Å². The maximum atomic E-state index is 12.2. The molecule has 0 aliphatic carbocycles. The minimum atomic E-state index is -0.137. The highest BCUT2D eigenvalue weighted by molar-refractivity contribution is 7.15. The van der Waals surface area contributed by atoms with Crippen molar-refractivity contribution in [2.75, 3.05) is 17.2 Å². The molecule has 0 atom stereocenters. The molecule has 0 radical (unpaired) electrons. The molecule has 140 valence electrons. The van der Waals surface area contributed by atoms with Crippen LogP contribution < -0.4 is 10.6 Å². The number of halogens is 2. The summed E-state index contributed by atoms with van der Waals surface area (Å²) in [7, 11) is 0. The van der Waals surface area contributed by atoms with E-state index in [1.807, 2.05) is 38.1 Å². The molecule has 0 aliphatic heterocycles. The summed E-state index contributed by atoms with van der Waals surface area (Å²) in [5.74, 6) is -0.137. The molecule has 0 unspecified atom stereocenters. The minimum Gasteiger partial charge on any atom is -0.376 e. The molecule has 7 heteroatoms. The Balaban J connectivity index is 1.56. The van der Waals surface area contributed by atoms with Gasteiger partial charge in [-0.3, -0.25) is 4.79 Å². The normalized spacial score (nSPS) is 10.7. The Kier molecular flexibility index (Phi) is 6.37. The van der Waals surface area contributed by atoms with Crippen molar-refractivity contribution in [3.8, 4) is 0 Å². The van der Waals surface area contributed by atoms with Crippen molar-refractivity contribution < 1.29 is 4.79 Å². The van der Waals surface area contributed by atoms with Crippen LogP contribution in [0.3, 0.4) is 0 Å². The van der Waals surface area contributed by atoms with Crippen LogP contribution in [-0.2, 0) is 11.2 Å². The summed E-state index contributed by atoms with van der Waals surface area (Å²) < 4.78 is 0. The Morgan fingerprint density at radius 2 is 1.85 bits per heavy atom. The fourth-order valence-electron chi connectivity index (χ4n) is 2.71. The topological polar surface area (TPSA) is 54.0 Å². The van der Waals surface area contributed by atoms with Gasteiger partial charge < -0.3 is 10.6 Å². The number of amides is 1. The predicted molar refractivity (Wildman–Crippen MR) is 114 cm³/mol. The Morgan fingerprint density at radius 1 is 1.11 bits per heavy atom. The third kappa shape index (κ3) is 5.70. The van der Waals surface area contributed by atoms with E-state index in [2.05, 4.69) is 21.7 Å². The zero-order valence-corrected chi connectivity index (χ0v) is 17.3. The Morgan fingerprint density at radius 3 is 2.56 bits per heavy atom. The molecule has 1 heterocycles. The number of benzene rings is 2. The maximum Gasteiger partial charge on any atom is 0.245 e. The molecule has 0 spiro atoms. The second kappa shape index (κ2) is 8.74. The van der Waals surface area contributed by atoms with Gasteiger partial charge in [-0.15, -0.1) is 11.3 Å². The van der Waals surface area contributed by atoms with Crippen LogP contribution in [0.25, 0.3) is 0 Å². The van der Waals surface area contributed by atoms with E-state index in [1.165, 1.54) is 16.9 Å². The van der Waals surface area contributed by atoms with E-state index in [0.717, 1.165) is 21.7 Å². The standard InChI is InChI=1S/C20H19Cl2N3OS/c1-12-3-4-18(13(2)5-12)23-11-19(26)25-20-24-10-17(27-20)8-14-6-15(21)9-16(22)7-14/h3-7,9-10,23H,8,11H2,1-2H3,(H,24,25,26). The third-order valence-corrected chi connectivity index (χ3v) is 5.27. The number of thiazole rings is 1. The van der Waals surface area contributed by atoms with E-state index >= 15 is 0 Å². The lowest BCUT2D eigenvalue weighted by Gasteiger charge is -2.09. The molecule has 27 heavy (non-hydrogen) atoms. The molecule has 0 aliphatic rings. The second-order valence-corrected chi connectivity index (χ2v) is 8.29. The maximum absolute atomic E-state index is 12.2. The average molecular weight is 420 g/mol. The predicted octanol–water partition coefficient (Wildman–Crippen LogP) is 5.71. The van der Waals surface area contributed by atoms with Crippen LogP contribution in [0.1, 0.15) is 21.6 Å². The van der Waals surface area contributed by atoms with E-state index in [9.17, 15) is 4.79 Å². The molecule has 0 bridgehead atoms. The van der Waals surface area contributed by atoms with Crippen LogP contribution in [-0.4, -0.2) is 17.4 Å². The molecule has 1 aromatic heterocycles. The lowest BCUT2D eigenvalue weighted by molar-refractivity contribution is -0.114. The van der Waals surface area contributed by atoms with Crippen LogP contribution in [0.15, 0.2) is 42.6 Å². The number of carbonyl (C=O) groups excluding carboxylic acids is 1. The van der Waals surface area contributed by atoms with Gasteiger partial charge in [-0.05, 0) is 49.2 Å². The molecule has 1 amide bonds. The first-order chi connectivity index (χ1) is 12.9. The van der Waals surface area contributed by atoms with E-state index in [0.29, 0.717) is 21.6 Å². The molecule has 4 nitrogen and oxygen atoms in total. The number of carbonyl (C=O) groups is 1. The van der Waals surface area contributed by atoms with Crippen LogP contribution in [0.2, 0.25) is 10.0 Å². The van der Waals surface area contributed by atoms with Gasteiger partial charge in [-0.25, -0.2) is 4.98 Å². The summed E-state index contributed by atoms with van der Waals surface area (Å²) in [5.41, 5.74) is 4.26. The number of rotatable bonds is 6. The Hall–Kier alpha value is -2.08. The van der Waals surface area contributed by atoms with Crippen molar-refractivity contribution in [3.63, 3.8) is 0 Å². The van der Waals surface area contributed by atoms with Gasteiger partial charge in [0.15, 0.2) is 5.13 Å². The molecule has 0 saturated heterocycles. The van der Waals surface area contributed by atoms with Gasteiger partial charge in [-0.2, -0.15) is 0 Å². The zero-order chi connectivity index (χ0) is 19.4. The first-order valence-corrected chi connectivity index (χ1v) is 9.97. The van der Waals surface area contributed by atoms with Crippen molar-refractivity contribution in [1.29, 1.82) is 0 Å². The largest absolute Gasteiger partial charge is 0.376 e. The van der Waals surface area contributed by atoms with Crippen LogP contribution in [0.5, 0.6) is 0 Å². The number of aryl methyl sites for hydroxylation is 2. The Bertz CT molecular complexity index is 951. The number of anilines is 2. The smallest absolute Gasteiger partial charge is 0.245 e. The highest BCUT2D eigenvalue weighted by Crippen LogP contribution is 2.25. The SMILES string of the molecule is Cc1ccc(NCC(=O)Nc2ncc(Cc3cc(Cl)cc(Cl)c3)s2)c(C)c1. The van der Waals surface area contributed by atoms with Gasteiger partial charge >= 0.3 is 0 Å². The lowest BCUT2D eigenvalue weighted by atomic mass is 10.1. The molecule has 3 rings (SSSR count). The van der Waals surface area contributed by atoms with E-state index in [4.69, 9.17) is 23.2 Å². The Labute approximate surface area is 172 Å². The molecule has 0 saturated carbocycles. The first kappa shape index (κ1) is 19.7. The van der Waals surface area contributed by atoms with Gasteiger partial charge in [0.1, 0.15) is 0 Å². The molecule has 2 aromatic carbocycles. The number of hydrogen-bond donors (Lipinski definition) is 2. The summed E-state index contributed by atoms with van der Waals surface area (Å²) in [5, 5.41) is 7.76. The highest BCUT2D eigenvalue weighted by atomic mass is 35.5.